The fourth-order valence-corrected chi connectivity index (χ4v) is 2.88. The van der Waals surface area contributed by atoms with E-state index in [9.17, 15) is 8.42 Å². The van der Waals surface area contributed by atoms with E-state index in [-0.39, 0.29) is 4.90 Å². The third kappa shape index (κ3) is 5.45. The Kier molecular flexibility index (Phi) is 6.17. The number of hydrogen-bond acceptors (Lipinski definition) is 5. The molecule has 3 rings (SSSR count). The molecule has 130 valence electrons. The maximum Gasteiger partial charge on any atom is 0.294 e. The van der Waals surface area contributed by atoms with Gasteiger partial charge in [-0.1, -0.05) is 29.3 Å². The van der Waals surface area contributed by atoms with Gasteiger partial charge in [0.1, 0.15) is 5.15 Å². The summed E-state index contributed by atoms with van der Waals surface area (Å²) in [5.74, 6) is 0. The molecule has 1 aromatic carbocycles. The van der Waals surface area contributed by atoms with E-state index < -0.39 is 10.1 Å². The Morgan fingerprint density at radius 3 is 2.38 bits per heavy atom. The summed E-state index contributed by atoms with van der Waals surface area (Å²) in [5.41, 5.74) is 7.87. The van der Waals surface area contributed by atoms with Gasteiger partial charge in [-0.25, -0.2) is 4.98 Å². The van der Waals surface area contributed by atoms with Crippen LogP contribution in [0.2, 0.25) is 5.15 Å². The summed E-state index contributed by atoms with van der Waals surface area (Å²) in [6.45, 7) is 3.78. The topological polar surface area (TPSA) is 96.5 Å². The highest BCUT2D eigenvalue weighted by molar-refractivity contribution is 7.85. The largest absolute Gasteiger partial charge is 0.369 e. The summed E-state index contributed by atoms with van der Waals surface area (Å²) in [5, 5.41) is 0.534. The Morgan fingerprint density at radius 2 is 1.92 bits per heavy atom. The van der Waals surface area contributed by atoms with Crippen LogP contribution in [0.5, 0.6) is 0 Å². The van der Waals surface area contributed by atoms with Crippen LogP contribution in [0.3, 0.4) is 0 Å². The second kappa shape index (κ2) is 7.94. The first-order chi connectivity index (χ1) is 11.3. The van der Waals surface area contributed by atoms with Crippen molar-refractivity contribution in [3.63, 3.8) is 0 Å². The number of nitrogens with two attached hydrogens (primary N) is 1. The Morgan fingerprint density at radius 1 is 1.25 bits per heavy atom. The number of anilines is 1. The first kappa shape index (κ1) is 18.7. The number of aromatic nitrogens is 1. The standard InChI is InChI=1S/C9H12ClN3.C7H8O3S/c10-9-2-1-8(5-12-9)13-4-3-7(11)6-13;1-6-2-4-7(5-3-6)11(8,9)10/h1-2,5,7H,3-4,6,11H2;2-5H,1H3,(H,8,9,10). The van der Waals surface area contributed by atoms with Gasteiger partial charge in [0.25, 0.3) is 10.1 Å². The van der Waals surface area contributed by atoms with Crippen LogP contribution >= 0.6 is 11.6 Å². The van der Waals surface area contributed by atoms with Crippen LogP contribution in [-0.2, 0) is 10.1 Å². The SMILES string of the molecule is Cc1ccc(S(=O)(=O)O)cc1.NC1CCN(c2ccc(Cl)nc2)C1. The molecule has 8 heteroatoms. The summed E-state index contributed by atoms with van der Waals surface area (Å²) in [7, 11) is -4.02. The van der Waals surface area contributed by atoms with Gasteiger partial charge in [-0.3, -0.25) is 4.55 Å². The van der Waals surface area contributed by atoms with Gasteiger partial charge >= 0.3 is 0 Å². The third-order valence-corrected chi connectivity index (χ3v) is 4.71. The van der Waals surface area contributed by atoms with Crippen molar-refractivity contribution in [1.29, 1.82) is 0 Å². The minimum atomic E-state index is -4.02. The fraction of sp³-hybridized carbons (Fsp3) is 0.312. The Labute approximate surface area is 147 Å². The molecule has 1 atom stereocenters. The first-order valence-corrected chi connectivity index (χ1v) is 9.24. The van der Waals surface area contributed by atoms with Crippen molar-refractivity contribution < 1.29 is 13.0 Å². The quantitative estimate of drug-likeness (QED) is 0.623. The van der Waals surface area contributed by atoms with Crippen molar-refractivity contribution in [1.82, 2.24) is 4.98 Å². The maximum atomic E-state index is 10.5. The molecule has 1 aromatic heterocycles. The van der Waals surface area contributed by atoms with E-state index in [2.05, 4.69) is 9.88 Å². The van der Waals surface area contributed by atoms with Crippen molar-refractivity contribution in [3.8, 4) is 0 Å². The molecule has 0 radical (unpaired) electrons. The van der Waals surface area contributed by atoms with Crippen LogP contribution in [-0.4, -0.2) is 37.1 Å². The molecule has 6 nitrogen and oxygen atoms in total. The minimum absolute atomic E-state index is 0.0666. The highest BCUT2D eigenvalue weighted by Gasteiger charge is 2.19. The number of nitrogens with zero attached hydrogens (tertiary/aromatic N) is 2. The Hall–Kier alpha value is -1.67. The second-order valence-electron chi connectivity index (χ2n) is 5.62. The molecule has 0 bridgehead atoms. The van der Waals surface area contributed by atoms with Gasteiger partial charge in [-0.05, 0) is 37.6 Å². The van der Waals surface area contributed by atoms with Crippen molar-refractivity contribution >= 4 is 27.4 Å². The second-order valence-corrected chi connectivity index (χ2v) is 7.43. The molecule has 0 spiro atoms. The molecule has 0 aliphatic carbocycles. The van der Waals surface area contributed by atoms with E-state index in [1.807, 2.05) is 13.0 Å². The predicted molar refractivity (Wildman–Crippen MR) is 95.0 cm³/mol. The van der Waals surface area contributed by atoms with E-state index in [4.69, 9.17) is 21.9 Å². The summed E-state index contributed by atoms with van der Waals surface area (Å²) in [6, 6.07) is 10.1. The third-order valence-electron chi connectivity index (χ3n) is 3.62. The zero-order valence-corrected chi connectivity index (χ0v) is 14.8. The molecule has 1 saturated heterocycles. The number of rotatable bonds is 2. The Balaban J connectivity index is 0.000000177. The zero-order valence-electron chi connectivity index (χ0n) is 13.3. The normalized spacial score (nSPS) is 17.3. The van der Waals surface area contributed by atoms with E-state index in [0.717, 1.165) is 30.8 Å². The van der Waals surface area contributed by atoms with Gasteiger partial charge in [0.15, 0.2) is 0 Å². The number of aryl methyl sites for hydroxylation is 1. The molecule has 1 unspecified atom stereocenters. The lowest BCUT2D eigenvalue weighted by atomic mass is 10.2. The highest BCUT2D eigenvalue weighted by atomic mass is 35.5. The van der Waals surface area contributed by atoms with Gasteiger partial charge in [-0.15, -0.1) is 0 Å². The van der Waals surface area contributed by atoms with E-state index >= 15 is 0 Å². The lowest BCUT2D eigenvalue weighted by molar-refractivity contribution is 0.483. The predicted octanol–water partition coefficient (Wildman–Crippen LogP) is 2.51. The molecule has 0 amide bonds. The number of benzene rings is 1. The molecule has 1 fully saturated rings. The van der Waals surface area contributed by atoms with Crippen LogP contribution in [0, 0.1) is 6.92 Å². The molecule has 1 aliphatic rings. The molecular weight excluding hydrogens is 350 g/mol. The average molecular weight is 370 g/mol. The lowest BCUT2D eigenvalue weighted by Crippen LogP contribution is -2.26. The maximum absolute atomic E-state index is 10.5. The summed E-state index contributed by atoms with van der Waals surface area (Å²) in [4.78, 5) is 6.20. The molecule has 2 aromatic rings. The van der Waals surface area contributed by atoms with E-state index in [1.54, 1.807) is 24.4 Å². The van der Waals surface area contributed by atoms with Crippen molar-refractivity contribution in [3.05, 3.63) is 53.3 Å². The smallest absolute Gasteiger partial charge is 0.294 e. The zero-order chi connectivity index (χ0) is 17.7. The minimum Gasteiger partial charge on any atom is -0.369 e. The van der Waals surface area contributed by atoms with Gasteiger partial charge < -0.3 is 10.6 Å². The summed E-state index contributed by atoms with van der Waals surface area (Å²) in [6.07, 6.45) is 2.85. The van der Waals surface area contributed by atoms with E-state index in [0.29, 0.717) is 11.2 Å². The number of halogens is 1. The van der Waals surface area contributed by atoms with Gasteiger partial charge in [-0.2, -0.15) is 8.42 Å². The molecule has 2 heterocycles. The molecule has 0 saturated carbocycles. The van der Waals surface area contributed by atoms with Gasteiger partial charge in [0.2, 0.25) is 0 Å². The average Bonchev–Trinajstić information content (AvgIpc) is 2.95. The van der Waals surface area contributed by atoms with Crippen LogP contribution in [0.4, 0.5) is 5.69 Å². The van der Waals surface area contributed by atoms with Crippen LogP contribution < -0.4 is 10.6 Å². The highest BCUT2D eigenvalue weighted by Crippen LogP contribution is 2.19. The van der Waals surface area contributed by atoms with Crippen LogP contribution in [0.25, 0.3) is 0 Å². The molecule has 3 N–H and O–H groups in total. The molecule has 1 aliphatic heterocycles. The first-order valence-electron chi connectivity index (χ1n) is 7.42. The lowest BCUT2D eigenvalue weighted by Gasteiger charge is -2.17. The number of pyridine rings is 1. The Bertz CT molecular complexity index is 764. The fourth-order valence-electron chi connectivity index (χ4n) is 2.29. The van der Waals surface area contributed by atoms with Crippen LogP contribution in [0.15, 0.2) is 47.5 Å². The molecular formula is C16H20ClN3O3S. The van der Waals surface area contributed by atoms with Gasteiger partial charge in [0, 0.05) is 19.1 Å². The van der Waals surface area contributed by atoms with Crippen molar-refractivity contribution in [2.24, 2.45) is 5.73 Å². The summed E-state index contributed by atoms with van der Waals surface area (Å²) < 4.78 is 29.6. The van der Waals surface area contributed by atoms with Crippen molar-refractivity contribution in [2.75, 3.05) is 18.0 Å². The van der Waals surface area contributed by atoms with Crippen LogP contribution in [0.1, 0.15) is 12.0 Å². The van der Waals surface area contributed by atoms with Gasteiger partial charge in [0.05, 0.1) is 16.8 Å². The van der Waals surface area contributed by atoms with E-state index in [1.165, 1.54) is 12.1 Å². The van der Waals surface area contributed by atoms with Crippen molar-refractivity contribution in [2.45, 2.75) is 24.3 Å². The summed E-state index contributed by atoms with van der Waals surface area (Å²) >= 11 is 5.69. The molecule has 24 heavy (non-hydrogen) atoms. The monoisotopic (exact) mass is 369 g/mol. The number of hydrogen-bond donors (Lipinski definition) is 2.